The smallest absolute Gasteiger partial charge is 0.325 e. The largest absolute Gasteiger partial charge is 0.326 e. The molecule has 108 valence electrons. The third-order valence-corrected chi connectivity index (χ3v) is 4.18. The second-order valence-corrected chi connectivity index (χ2v) is 6.24. The third-order valence-electron chi connectivity index (χ3n) is 4.18. The summed E-state index contributed by atoms with van der Waals surface area (Å²) in [6.07, 6.45) is 1.08. The van der Waals surface area contributed by atoms with Gasteiger partial charge in [0.15, 0.2) is 0 Å². The molecule has 0 aromatic heterocycles. The molecule has 2 aliphatic heterocycles. The first kappa shape index (κ1) is 14.3. The fraction of sp³-hybridized carbons (Fsp3) is 0.846. The highest BCUT2D eigenvalue weighted by Crippen LogP contribution is 2.18. The first-order valence-electron chi connectivity index (χ1n) is 6.93. The monoisotopic (exact) mass is 268 g/mol. The van der Waals surface area contributed by atoms with Gasteiger partial charge in [-0.05, 0) is 32.7 Å². The molecule has 2 fully saturated rings. The Labute approximate surface area is 114 Å². The molecule has 2 saturated heterocycles. The standard InChI is InChI=1S/C13H24N4O2/c1-9-4-5-16(8-10(9)14)6-7-17-11(18)13(2,3)15-12(17)19/h9-10H,4-8,14H2,1-3H3,(H,15,19). The SMILES string of the molecule is CC1CCN(CCN2C(=O)NC(C)(C)C2=O)CC1N. The number of hydrogen-bond donors (Lipinski definition) is 2. The quantitative estimate of drug-likeness (QED) is 0.705. The number of hydrogen-bond acceptors (Lipinski definition) is 4. The average molecular weight is 268 g/mol. The van der Waals surface area contributed by atoms with Crippen LogP contribution in [-0.4, -0.2) is 59.5 Å². The molecule has 0 aromatic rings. The van der Waals surface area contributed by atoms with Crippen molar-refractivity contribution in [3.05, 3.63) is 0 Å². The molecular weight excluding hydrogens is 244 g/mol. The summed E-state index contributed by atoms with van der Waals surface area (Å²) in [4.78, 5) is 27.3. The lowest BCUT2D eigenvalue weighted by Crippen LogP contribution is -2.50. The van der Waals surface area contributed by atoms with E-state index in [-0.39, 0.29) is 18.0 Å². The van der Waals surface area contributed by atoms with Crippen LogP contribution in [0, 0.1) is 5.92 Å². The van der Waals surface area contributed by atoms with Crippen LogP contribution in [0.2, 0.25) is 0 Å². The molecule has 2 atom stereocenters. The second-order valence-electron chi connectivity index (χ2n) is 6.24. The molecule has 3 N–H and O–H groups in total. The van der Waals surface area contributed by atoms with E-state index in [4.69, 9.17) is 5.73 Å². The maximum atomic E-state index is 12.0. The highest BCUT2D eigenvalue weighted by atomic mass is 16.2. The number of likely N-dealkylation sites (tertiary alicyclic amines) is 1. The maximum Gasteiger partial charge on any atom is 0.325 e. The lowest BCUT2D eigenvalue weighted by Gasteiger charge is -2.35. The Balaban J connectivity index is 1.86. The summed E-state index contributed by atoms with van der Waals surface area (Å²) < 4.78 is 0. The van der Waals surface area contributed by atoms with Crippen LogP contribution in [0.4, 0.5) is 4.79 Å². The first-order valence-corrected chi connectivity index (χ1v) is 6.93. The normalized spacial score (nSPS) is 31.7. The number of imide groups is 1. The zero-order valence-corrected chi connectivity index (χ0v) is 12.0. The number of amides is 3. The zero-order chi connectivity index (χ0) is 14.2. The molecule has 2 heterocycles. The average Bonchev–Trinajstić information content (AvgIpc) is 2.51. The zero-order valence-electron chi connectivity index (χ0n) is 12.0. The van der Waals surface area contributed by atoms with Gasteiger partial charge in [-0.2, -0.15) is 0 Å². The van der Waals surface area contributed by atoms with Crippen molar-refractivity contribution >= 4 is 11.9 Å². The van der Waals surface area contributed by atoms with E-state index in [0.29, 0.717) is 19.0 Å². The molecule has 3 amide bonds. The molecule has 6 nitrogen and oxygen atoms in total. The van der Waals surface area contributed by atoms with Crippen LogP contribution in [0.25, 0.3) is 0 Å². The van der Waals surface area contributed by atoms with Crippen LogP contribution >= 0.6 is 0 Å². The molecule has 2 rings (SSSR count). The van der Waals surface area contributed by atoms with Gasteiger partial charge in [-0.1, -0.05) is 6.92 Å². The summed E-state index contributed by atoms with van der Waals surface area (Å²) in [5.41, 5.74) is 5.27. The summed E-state index contributed by atoms with van der Waals surface area (Å²) in [5.74, 6) is 0.402. The van der Waals surface area contributed by atoms with Gasteiger partial charge in [-0.25, -0.2) is 4.79 Å². The molecule has 2 aliphatic rings. The first-order chi connectivity index (χ1) is 8.81. The minimum atomic E-state index is -0.774. The Hall–Kier alpha value is -1.14. The summed E-state index contributed by atoms with van der Waals surface area (Å²) >= 11 is 0. The van der Waals surface area contributed by atoms with Crippen molar-refractivity contribution in [2.24, 2.45) is 11.7 Å². The Bertz CT molecular complexity index is 383. The van der Waals surface area contributed by atoms with Gasteiger partial charge in [0.2, 0.25) is 0 Å². The predicted octanol–water partition coefficient (Wildman–Crippen LogP) is -0.0141. The van der Waals surface area contributed by atoms with Gasteiger partial charge in [0.1, 0.15) is 5.54 Å². The molecule has 0 spiro atoms. The Morgan fingerprint density at radius 3 is 2.58 bits per heavy atom. The van der Waals surface area contributed by atoms with Crippen molar-refractivity contribution in [3.63, 3.8) is 0 Å². The van der Waals surface area contributed by atoms with Crippen molar-refractivity contribution in [3.8, 4) is 0 Å². The number of nitrogens with two attached hydrogens (primary N) is 1. The Morgan fingerprint density at radius 1 is 1.37 bits per heavy atom. The number of nitrogens with one attached hydrogen (secondary N) is 1. The summed E-state index contributed by atoms with van der Waals surface area (Å²) in [6, 6.07) is -0.0991. The van der Waals surface area contributed by atoms with E-state index in [1.807, 2.05) is 0 Å². The minimum Gasteiger partial charge on any atom is -0.326 e. The van der Waals surface area contributed by atoms with Crippen molar-refractivity contribution in [1.29, 1.82) is 0 Å². The Kier molecular flexibility index (Phi) is 3.82. The lowest BCUT2D eigenvalue weighted by molar-refractivity contribution is -0.130. The number of rotatable bonds is 3. The van der Waals surface area contributed by atoms with Gasteiger partial charge in [0.25, 0.3) is 5.91 Å². The molecule has 6 heteroatoms. The summed E-state index contributed by atoms with van der Waals surface area (Å²) in [6.45, 7) is 8.60. The van der Waals surface area contributed by atoms with E-state index in [0.717, 1.165) is 19.5 Å². The van der Waals surface area contributed by atoms with Crippen LogP contribution in [0.1, 0.15) is 27.2 Å². The third kappa shape index (κ3) is 2.90. The fourth-order valence-electron chi connectivity index (χ4n) is 2.64. The highest BCUT2D eigenvalue weighted by Gasteiger charge is 2.44. The fourth-order valence-corrected chi connectivity index (χ4v) is 2.64. The lowest BCUT2D eigenvalue weighted by atomic mass is 9.94. The van der Waals surface area contributed by atoms with Gasteiger partial charge in [0, 0.05) is 25.7 Å². The summed E-state index contributed by atoms with van der Waals surface area (Å²) in [7, 11) is 0. The number of piperidine rings is 1. The molecule has 19 heavy (non-hydrogen) atoms. The van der Waals surface area contributed by atoms with Crippen LogP contribution in [0.3, 0.4) is 0 Å². The van der Waals surface area contributed by atoms with Gasteiger partial charge in [-0.3, -0.25) is 9.69 Å². The number of carbonyl (C=O) groups excluding carboxylic acids is 2. The molecule has 0 aromatic carbocycles. The molecule has 0 bridgehead atoms. The topological polar surface area (TPSA) is 78.7 Å². The van der Waals surface area contributed by atoms with Gasteiger partial charge in [0.05, 0.1) is 0 Å². The second kappa shape index (κ2) is 5.09. The summed E-state index contributed by atoms with van der Waals surface area (Å²) in [5, 5.41) is 2.69. The van der Waals surface area contributed by atoms with Crippen molar-refractivity contribution < 1.29 is 9.59 Å². The van der Waals surface area contributed by atoms with Crippen LogP contribution in [0.5, 0.6) is 0 Å². The highest BCUT2D eigenvalue weighted by molar-refractivity contribution is 6.06. The van der Waals surface area contributed by atoms with Crippen molar-refractivity contribution in [1.82, 2.24) is 15.1 Å². The van der Waals surface area contributed by atoms with E-state index in [9.17, 15) is 9.59 Å². The van der Waals surface area contributed by atoms with Gasteiger partial charge in [-0.15, -0.1) is 0 Å². The number of carbonyl (C=O) groups is 2. The molecular formula is C13H24N4O2. The minimum absolute atomic E-state index is 0.146. The van der Waals surface area contributed by atoms with E-state index < -0.39 is 5.54 Å². The van der Waals surface area contributed by atoms with E-state index >= 15 is 0 Å². The van der Waals surface area contributed by atoms with E-state index in [2.05, 4.69) is 17.1 Å². The van der Waals surface area contributed by atoms with Crippen LogP contribution < -0.4 is 11.1 Å². The van der Waals surface area contributed by atoms with E-state index in [1.54, 1.807) is 13.8 Å². The molecule has 0 saturated carbocycles. The van der Waals surface area contributed by atoms with Gasteiger partial charge >= 0.3 is 6.03 Å². The van der Waals surface area contributed by atoms with E-state index in [1.165, 1.54) is 4.90 Å². The number of urea groups is 1. The van der Waals surface area contributed by atoms with Crippen LogP contribution in [0.15, 0.2) is 0 Å². The van der Waals surface area contributed by atoms with Crippen LogP contribution in [-0.2, 0) is 4.79 Å². The molecule has 2 unspecified atom stereocenters. The number of nitrogens with zero attached hydrogens (tertiary/aromatic N) is 2. The predicted molar refractivity (Wildman–Crippen MR) is 72.5 cm³/mol. The van der Waals surface area contributed by atoms with Crippen molar-refractivity contribution in [2.75, 3.05) is 26.2 Å². The molecule has 0 aliphatic carbocycles. The van der Waals surface area contributed by atoms with Gasteiger partial charge < -0.3 is 16.0 Å². The molecule has 0 radical (unpaired) electrons. The maximum absolute atomic E-state index is 12.0. The Morgan fingerprint density at radius 2 is 2.05 bits per heavy atom. The van der Waals surface area contributed by atoms with Crippen molar-refractivity contribution in [2.45, 2.75) is 38.8 Å².